The summed E-state index contributed by atoms with van der Waals surface area (Å²) in [7, 11) is 0. The molecule has 0 saturated heterocycles. The first kappa shape index (κ1) is 16.0. The molecule has 0 bridgehead atoms. The number of allylic oxidation sites excluding steroid dienone is 4. The summed E-state index contributed by atoms with van der Waals surface area (Å²) in [6.07, 6.45) is 15.3. The Balaban J connectivity index is 1.66. The minimum absolute atomic E-state index is 0.513. The summed E-state index contributed by atoms with van der Waals surface area (Å²) in [6, 6.07) is 0. The maximum Gasteiger partial charge on any atom is -0.00797 e. The van der Waals surface area contributed by atoms with Gasteiger partial charge in [0.1, 0.15) is 0 Å². The van der Waals surface area contributed by atoms with Crippen molar-refractivity contribution in [1.82, 2.24) is 0 Å². The summed E-state index contributed by atoms with van der Waals surface area (Å²) >= 11 is 0. The van der Waals surface area contributed by atoms with E-state index >= 15 is 0 Å². The largest absolute Gasteiger partial charge is 0.0845 e. The molecule has 2 fully saturated rings. The molecule has 0 aromatic carbocycles. The number of hydrogen-bond donors (Lipinski definition) is 0. The van der Waals surface area contributed by atoms with E-state index < -0.39 is 0 Å². The van der Waals surface area contributed by atoms with Gasteiger partial charge in [-0.3, -0.25) is 0 Å². The SMILES string of the molecule is CC(C)C1=CCC2C3CC=C4C[C@@H](C)CCC4(C)C3CC[C@]12C. The second-order valence-corrected chi connectivity index (χ2v) is 10.1. The quantitative estimate of drug-likeness (QED) is 0.468. The van der Waals surface area contributed by atoms with E-state index in [1.54, 1.807) is 5.57 Å². The molecule has 0 amide bonds. The van der Waals surface area contributed by atoms with Crippen molar-refractivity contribution in [3.05, 3.63) is 23.3 Å². The van der Waals surface area contributed by atoms with Gasteiger partial charge in [-0.2, -0.15) is 0 Å². The predicted octanol–water partition coefficient (Wildman–Crippen LogP) is 6.78. The zero-order valence-electron chi connectivity index (χ0n) is 16.0. The van der Waals surface area contributed by atoms with Crippen LogP contribution in [0.15, 0.2) is 23.3 Å². The molecule has 128 valence electrons. The van der Waals surface area contributed by atoms with Crippen LogP contribution >= 0.6 is 0 Å². The molecule has 0 radical (unpaired) electrons. The van der Waals surface area contributed by atoms with Crippen LogP contribution in [0.1, 0.15) is 79.6 Å². The molecule has 0 aliphatic heterocycles. The minimum Gasteiger partial charge on any atom is -0.0845 e. The summed E-state index contributed by atoms with van der Waals surface area (Å²) < 4.78 is 0. The van der Waals surface area contributed by atoms with Crippen molar-refractivity contribution in [3.63, 3.8) is 0 Å². The Hall–Kier alpha value is -0.520. The summed E-state index contributed by atoms with van der Waals surface area (Å²) in [5.74, 6) is 4.49. The average Bonchev–Trinajstić information content (AvgIpc) is 2.85. The second-order valence-electron chi connectivity index (χ2n) is 10.1. The second kappa shape index (κ2) is 5.24. The molecule has 0 heteroatoms. The van der Waals surface area contributed by atoms with Crippen LogP contribution in [0.2, 0.25) is 0 Å². The molecular formula is C23H36. The Morgan fingerprint density at radius 3 is 2.43 bits per heavy atom. The molecule has 0 nitrogen and oxygen atoms in total. The van der Waals surface area contributed by atoms with E-state index in [4.69, 9.17) is 0 Å². The van der Waals surface area contributed by atoms with Crippen molar-refractivity contribution in [2.45, 2.75) is 79.6 Å². The lowest BCUT2D eigenvalue weighted by atomic mass is 9.47. The molecule has 23 heavy (non-hydrogen) atoms. The van der Waals surface area contributed by atoms with Crippen LogP contribution < -0.4 is 0 Å². The minimum atomic E-state index is 0.513. The van der Waals surface area contributed by atoms with Crippen LogP contribution in [-0.2, 0) is 0 Å². The molecule has 2 saturated carbocycles. The van der Waals surface area contributed by atoms with Crippen LogP contribution in [0.3, 0.4) is 0 Å². The van der Waals surface area contributed by atoms with E-state index in [0.717, 1.165) is 29.6 Å². The maximum absolute atomic E-state index is 2.70. The maximum atomic E-state index is 2.70. The molecule has 6 atom stereocenters. The highest BCUT2D eigenvalue weighted by Crippen LogP contribution is 2.65. The van der Waals surface area contributed by atoms with Crippen molar-refractivity contribution in [3.8, 4) is 0 Å². The van der Waals surface area contributed by atoms with Gasteiger partial charge in [-0.1, -0.05) is 57.9 Å². The van der Waals surface area contributed by atoms with Crippen molar-refractivity contribution in [1.29, 1.82) is 0 Å². The fourth-order valence-corrected chi connectivity index (χ4v) is 7.34. The highest BCUT2D eigenvalue weighted by Gasteiger charge is 2.56. The summed E-state index contributed by atoms with van der Waals surface area (Å²) in [5, 5.41) is 0. The number of fused-ring (bicyclic) bond motifs is 5. The van der Waals surface area contributed by atoms with Crippen molar-refractivity contribution >= 4 is 0 Å². The lowest BCUT2D eigenvalue weighted by molar-refractivity contribution is -0.0225. The Bertz CT molecular complexity index is 550. The van der Waals surface area contributed by atoms with Crippen LogP contribution in [0.4, 0.5) is 0 Å². The third-order valence-electron chi connectivity index (χ3n) is 8.61. The van der Waals surface area contributed by atoms with Gasteiger partial charge >= 0.3 is 0 Å². The van der Waals surface area contributed by atoms with E-state index in [-0.39, 0.29) is 0 Å². The fraction of sp³-hybridized carbons (Fsp3) is 0.826. The van der Waals surface area contributed by atoms with Gasteiger partial charge < -0.3 is 0 Å². The molecule has 0 heterocycles. The van der Waals surface area contributed by atoms with Gasteiger partial charge in [0.25, 0.3) is 0 Å². The monoisotopic (exact) mass is 312 g/mol. The topological polar surface area (TPSA) is 0 Å². The Kier molecular flexibility index (Phi) is 3.64. The Labute approximate surface area is 143 Å². The zero-order chi connectivity index (χ0) is 16.4. The molecule has 0 spiro atoms. The highest BCUT2D eigenvalue weighted by atomic mass is 14.6. The van der Waals surface area contributed by atoms with Gasteiger partial charge in [-0.05, 0) is 85.4 Å². The van der Waals surface area contributed by atoms with E-state index in [2.05, 4.69) is 46.8 Å². The first-order chi connectivity index (χ1) is 10.9. The Morgan fingerprint density at radius 1 is 0.957 bits per heavy atom. The van der Waals surface area contributed by atoms with Gasteiger partial charge in [0.2, 0.25) is 0 Å². The third-order valence-corrected chi connectivity index (χ3v) is 8.61. The van der Waals surface area contributed by atoms with Gasteiger partial charge in [-0.25, -0.2) is 0 Å². The third kappa shape index (κ3) is 2.16. The van der Waals surface area contributed by atoms with Crippen molar-refractivity contribution in [2.24, 2.45) is 40.4 Å². The van der Waals surface area contributed by atoms with E-state index in [0.29, 0.717) is 10.8 Å². The highest BCUT2D eigenvalue weighted by molar-refractivity contribution is 5.30. The average molecular weight is 313 g/mol. The first-order valence-corrected chi connectivity index (χ1v) is 10.3. The van der Waals surface area contributed by atoms with Crippen molar-refractivity contribution in [2.75, 3.05) is 0 Å². The number of hydrogen-bond acceptors (Lipinski definition) is 0. The zero-order valence-corrected chi connectivity index (χ0v) is 16.0. The molecule has 4 aliphatic carbocycles. The predicted molar refractivity (Wildman–Crippen MR) is 99.2 cm³/mol. The fourth-order valence-electron chi connectivity index (χ4n) is 7.34. The smallest absolute Gasteiger partial charge is 0.00797 e. The number of rotatable bonds is 1. The molecule has 4 aliphatic rings. The van der Waals surface area contributed by atoms with Crippen LogP contribution in [0, 0.1) is 40.4 Å². The molecule has 0 N–H and O–H groups in total. The molecule has 4 rings (SSSR count). The van der Waals surface area contributed by atoms with Gasteiger partial charge in [0.15, 0.2) is 0 Å². The first-order valence-electron chi connectivity index (χ1n) is 10.3. The molecular weight excluding hydrogens is 276 g/mol. The standard InChI is InChI=1S/C23H36/c1-15(2)19-8-9-20-18-7-6-17-14-16(3)10-12-22(17,4)21(18)11-13-23(19,20)5/h6,8,15-16,18,20-21H,7,9-14H2,1-5H3/t16-,18?,20?,21?,22?,23+/m0/s1. The van der Waals surface area contributed by atoms with Crippen LogP contribution in [0.25, 0.3) is 0 Å². The van der Waals surface area contributed by atoms with Gasteiger partial charge in [0.05, 0.1) is 0 Å². The lowest BCUT2D eigenvalue weighted by Crippen LogP contribution is -2.49. The van der Waals surface area contributed by atoms with Gasteiger partial charge in [0, 0.05) is 0 Å². The Morgan fingerprint density at radius 2 is 1.70 bits per heavy atom. The van der Waals surface area contributed by atoms with E-state index in [1.165, 1.54) is 44.9 Å². The van der Waals surface area contributed by atoms with E-state index in [1.807, 2.05) is 5.57 Å². The molecule has 0 aromatic heterocycles. The van der Waals surface area contributed by atoms with E-state index in [9.17, 15) is 0 Å². The summed E-state index contributed by atoms with van der Waals surface area (Å²) in [5.41, 5.74) is 4.69. The normalized spacial score (nSPS) is 49.1. The van der Waals surface area contributed by atoms with Crippen LogP contribution in [-0.4, -0.2) is 0 Å². The van der Waals surface area contributed by atoms with Crippen LogP contribution in [0.5, 0.6) is 0 Å². The van der Waals surface area contributed by atoms with Crippen molar-refractivity contribution < 1.29 is 0 Å². The lowest BCUT2D eigenvalue weighted by Gasteiger charge is -2.58. The summed E-state index contributed by atoms with van der Waals surface area (Å²) in [4.78, 5) is 0. The molecule has 0 aromatic rings. The molecule has 4 unspecified atom stereocenters. The van der Waals surface area contributed by atoms with Gasteiger partial charge in [-0.15, -0.1) is 0 Å². The summed E-state index contributed by atoms with van der Waals surface area (Å²) in [6.45, 7) is 12.5.